The largest absolute Gasteiger partial charge is 0.480 e. The van der Waals surface area contributed by atoms with Gasteiger partial charge in [-0.1, -0.05) is 13.8 Å². The third-order valence-corrected chi connectivity index (χ3v) is 3.48. The maximum absolute atomic E-state index is 10.8. The van der Waals surface area contributed by atoms with Crippen molar-refractivity contribution in [2.75, 3.05) is 19.6 Å². The van der Waals surface area contributed by atoms with Gasteiger partial charge in [-0.2, -0.15) is 0 Å². The lowest BCUT2D eigenvalue weighted by Gasteiger charge is -2.21. The number of hydrogen-bond acceptors (Lipinski definition) is 4. The molecule has 1 N–H and O–H groups in total. The summed E-state index contributed by atoms with van der Waals surface area (Å²) in [6, 6.07) is 0. The predicted molar refractivity (Wildman–Crippen MR) is 69.5 cm³/mol. The minimum Gasteiger partial charge on any atom is -0.480 e. The second kappa shape index (κ2) is 6.71. The Hall–Kier alpha value is -0.940. The Morgan fingerprint density at radius 3 is 2.76 bits per heavy atom. The fraction of sp³-hybridized carbons (Fsp3) is 0.667. The smallest absolute Gasteiger partial charge is 0.317 e. The Bertz CT molecular complexity index is 363. The molecule has 0 fully saturated rings. The fourth-order valence-electron chi connectivity index (χ4n) is 1.77. The van der Waals surface area contributed by atoms with Gasteiger partial charge >= 0.3 is 5.97 Å². The van der Waals surface area contributed by atoms with Crippen molar-refractivity contribution >= 4 is 17.3 Å². The number of hydrogen-bond donors (Lipinski definition) is 1. The van der Waals surface area contributed by atoms with Gasteiger partial charge in [0.25, 0.3) is 0 Å². The second-order valence-electron chi connectivity index (χ2n) is 4.63. The molecule has 0 spiro atoms. The molecular weight excluding hydrogens is 236 g/mol. The van der Waals surface area contributed by atoms with Gasteiger partial charge in [0.05, 0.1) is 17.7 Å². The Morgan fingerprint density at radius 1 is 1.59 bits per heavy atom. The Labute approximate surface area is 106 Å². The number of aromatic nitrogens is 1. The molecule has 0 saturated carbocycles. The molecule has 0 bridgehead atoms. The molecule has 1 heterocycles. The van der Waals surface area contributed by atoms with Crippen molar-refractivity contribution in [1.82, 2.24) is 9.88 Å². The minimum atomic E-state index is -0.758. The molecule has 0 radical (unpaired) electrons. The summed E-state index contributed by atoms with van der Waals surface area (Å²) in [5.74, 6) is -0.274. The number of aryl methyl sites for hydroxylation is 1. The number of aliphatic carboxylic acids is 1. The highest BCUT2D eigenvalue weighted by molar-refractivity contribution is 7.09. The van der Waals surface area contributed by atoms with Crippen molar-refractivity contribution in [3.8, 4) is 0 Å². The third kappa shape index (κ3) is 5.28. The molecular formula is C12H20N2O2S. The van der Waals surface area contributed by atoms with Gasteiger partial charge in [0.15, 0.2) is 0 Å². The van der Waals surface area contributed by atoms with E-state index >= 15 is 0 Å². The van der Waals surface area contributed by atoms with Gasteiger partial charge in [0, 0.05) is 18.0 Å². The quantitative estimate of drug-likeness (QED) is 0.811. The molecule has 0 atom stereocenters. The van der Waals surface area contributed by atoms with E-state index in [9.17, 15) is 4.79 Å². The first kappa shape index (κ1) is 14.1. The first-order valence-corrected chi connectivity index (χ1v) is 6.70. The van der Waals surface area contributed by atoms with Crippen LogP contribution in [0.5, 0.6) is 0 Å². The number of carboxylic acids is 1. The topological polar surface area (TPSA) is 53.4 Å². The summed E-state index contributed by atoms with van der Waals surface area (Å²) in [6.45, 7) is 7.93. The van der Waals surface area contributed by atoms with E-state index in [1.54, 1.807) is 11.3 Å². The van der Waals surface area contributed by atoms with E-state index in [0.29, 0.717) is 5.92 Å². The van der Waals surface area contributed by atoms with Crippen LogP contribution < -0.4 is 0 Å². The monoisotopic (exact) mass is 256 g/mol. The fourth-order valence-corrected chi connectivity index (χ4v) is 2.54. The summed E-state index contributed by atoms with van der Waals surface area (Å²) in [7, 11) is 0. The zero-order valence-corrected chi connectivity index (χ0v) is 11.5. The Balaban J connectivity index is 2.48. The van der Waals surface area contributed by atoms with Crippen LogP contribution in [0.2, 0.25) is 0 Å². The molecule has 1 rings (SSSR count). The number of carboxylic acid groups (broad SMARTS) is 1. The molecule has 1 aromatic rings. The molecule has 0 aromatic carbocycles. The minimum absolute atomic E-state index is 0.121. The van der Waals surface area contributed by atoms with E-state index in [2.05, 4.69) is 18.8 Å². The molecule has 0 aliphatic rings. The van der Waals surface area contributed by atoms with Crippen LogP contribution in [0.1, 0.15) is 24.4 Å². The van der Waals surface area contributed by atoms with Crippen molar-refractivity contribution in [2.45, 2.75) is 27.2 Å². The lowest BCUT2D eigenvalue weighted by Crippen LogP contribution is -2.34. The Kier molecular flexibility index (Phi) is 5.58. The lowest BCUT2D eigenvalue weighted by atomic mass is 10.2. The standard InChI is InChI=1S/C12H20N2O2S/c1-9(2)6-14(7-12(15)16)5-4-11-10(3)13-8-17-11/h8-9H,4-7H2,1-3H3,(H,15,16). The van der Waals surface area contributed by atoms with Crippen molar-refractivity contribution in [3.05, 3.63) is 16.1 Å². The van der Waals surface area contributed by atoms with Crippen LogP contribution in [0, 0.1) is 12.8 Å². The van der Waals surface area contributed by atoms with Crippen LogP contribution in [0.3, 0.4) is 0 Å². The van der Waals surface area contributed by atoms with Crippen molar-refractivity contribution in [2.24, 2.45) is 5.92 Å². The molecule has 5 heteroatoms. The molecule has 4 nitrogen and oxygen atoms in total. The Morgan fingerprint density at radius 2 is 2.29 bits per heavy atom. The van der Waals surface area contributed by atoms with Crippen LogP contribution in [0.25, 0.3) is 0 Å². The van der Waals surface area contributed by atoms with Gasteiger partial charge < -0.3 is 5.11 Å². The third-order valence-electron chi connectivity index (χ3n) is 2.48. The van der Waals surface area contributed by atoms with Crippen LogP contribution >= 0.6 is 11.3 Å². The number of carbonyl (C=O) groups is 1. The van der Waals surface area contributed by atoms with E-state index < -0.39 is 5.97 Å². The van der Waals surface area contributed by atoms with Gasteiger partial charge in [-0.3, -0.25) is 9.69 Å². The number of rotatable bonds is 7. The maximum atomic E-state index is 10.8. The van der Waals surface area contributed by atoms with E-state index in [1.165, 1.54) is 4.88 Å². The summed E-state index contributed by atoms with van der Waals surface area (Å²) in [4.78, 5) is 18.2. The highest BCUT2D eigenvalue weighted by atomic mass is 32.1. The molecule has 17 heavy (non-hydrogen) atoms. The van der Waals surface area contributed by atoms with Crippen LogP contribution in [-0.2, 0) is 11.2 Å². The van der Waals surface area contributed by atoms with E-state index in [0.717, 1.165) is 25.2 Å². The highest BCUT2D eigenvalue weighted by Crippen LogP contribution is 2.13. The van der Waals surface area contributed by atoms with Gasteiger partial charge in [-0.25, -0.2) is 4.98 Å². The van der Waals surface area contributed by atoms with Crippen molar-refractivity contribution < 1.29 is 9.90 Å². The number of thiazole rings is 1. The molecule has 1 aromatic heterocycles. The van der Waals surface area contributed by atoms with Crippen LogP contribution in [-0.4, -0.2) is 40.6 Å². The first-order valence-electron chi connectivity index (χ1n) is 5.82. The first-order chi connectivity index (χ1) is 7.99. The van der Waals surface area contributed by atoms with Crippen LogP contribution in [0.4, 0.5) is 0 Å². The predicted octanol–water partition coefficient (Wildman–Crippen LogP) is 2.04. The summed E-state index contributed by atoms with van der Waals surface area (Å²) in [5.41, 5.74) is 2.91. The summed E-state index contributed by atoms with van der Waals surface area (Å²) < 4.78 is 0. The average Bonchev–Trinajstić information content (AvgIpc) is 2.59. The second-order valence-corrected chi connectivity index (χ2v) is 5.57. The SMILES string of the molecule is Cc1ncsc1CCN(CC(=O)O)CC(C)C. The average molecular weight is 256 g/mol. The van der Waals surface area contributed by atoms with Gasteiger partial charge in [0.1, 0.15) is 0 Å². The van der Waals surface area contributed by atoms with E-state index in [4.69, 9.17) is 5.11 Å². The molecule has 0 aliphatic heterocycles. The molecule has 0 amide bonds. The zero-order valence-electron chi connectivity index (χ0n) is 10.6. The highest BCUT2D eigenvalue weighted by Gasteiger charge is 2.12. The maximum Gasteiger partial charge on any atom is 0.317 e. The normalized spacial score (nSPS) is 11.4. The molecule has 0 unspecified atom stereocenters. The van der Waals surface area contributed by atoms with Crippen LogP contribution in [0.15, 0.2) is 5.51 Å². The van der Waals surface area contributed by atoms with Gasteiger partial charge in [-0.15, -0.1) is 11.3 Å². The van der Waals surface area contributed by atoms with E-state index in [-0.39, 0.29) is 6.54 Å². The number of nitrogens with zero attached hydrogens (tertiary/aromatic N) is 2. The lowest BCUT2D eigenvalue weighted by molar-refractivity contribution is -0.138. The van der Waals surface area contributed by atoms with Crippen molar-refractivity contribution in [1.29, 1.82) is 0 Å². The van der Waals surface area contributed by atoms with Gasteiger partial charge in [-0.05, 0) is 19.3 Å². The molecule has 0 saturated heterocycles. The molecule has 96 valence electrons. The zero-order chi connectivity index (χ0) is 12.8. The summed E-state index contributed by atoms with van der Waals surface area (Å²) in [6.07, 6.45) is 0.885. The van der Waals surface area contributed by atoms with Crippen molar-refractivity contribution in [3.63, 3.8) is 0 Å². The molecule has 0 aliphatic carbocycles. The summed E-state index contributed by atoms with van der Waals surface area (Å²) >= 11 is 1.64. The summed E-state index contributed by atoms with van der Waals surface area (Å²) in [5, 5.41) is 8.86. The van der Waals surface area contributed by atoms with E-state index in [1.807, 2.05) is 17.3 Å². The van der Waals surface area contributed by atoms with Gasteiger partial charge in [0.2, 0.25) is 0 Å².